The van der Waals surface area contributed by atoms with Crippen LogP contribution in [0.1, 0.15) is 4.88 Å². The fourth-order valence-corrected chi connectivity index (χ4v) is 2.07. The third-order valence-corrected chi connectivity index (χ3v) is 2.70. The zero-order chi connectivity index (χ0) is 9.42. The second-order valence-electron chi connectivity index (χ2n) is 2.60. The number of hydrogen-bond acceptors (Lipinski definition) is 4. The molecule has 64 valence electrons. The van der Waals surface area contributed by atoms with Gasteiger partial charge in [0.15, 0.2) is 0 Å². The Kier molecular flexibility index (Phi) is 1.61. The van der Waals surface area contributed by atoms with E-state index < -0.39 is 0 Å². The summed E-state index contributed by atoms with van der Waals surface area (Å²) in [4.78, 5) is 0.524. The summed E-state index contributed by atoms with van der Waals surface area (Å²) in [5.74, 6) is 0.0177. The van der Waals surface area contributed by atoms with E-state index in [1.165, 1.54) is 23.5 Å². The minimum atomic E-state index is 0.00718. The molecule has 0 aliphatic rings. The lowest BCUT2D eigenvalue weighted by atomic mass is 10.2. The summed E-state index contributed by atoms with van der Waals surface area (Å²) in [6.07, 6.45) is 0. The van der Waals surface area contributed by atoms with Crippen LogP contribution >= 0.6 is 11.3 Å². The van der Waals surface area contributed by atoms with Crippen LogP contribution in [0.4, 0.5) is 0 Å². The Morgan fingerprint density at radius 1 is 1.23 bits per heavy atom. The molecule has 0 aliphatic heterocycles. The van der Waals surface area contributed by atoms with E-state index in [4.69, 9.17) is 10.4 Å². The number of benzene rings is 1. The van der Waals surface area contributed by atoms with E-state index in [0.717, 1.165) is 0 Å². The average Bonchev–Trinajstić information content (AvgIpc) is 2.47. The highest BCUT2D eigenvalue weighted by molar-refractivity contribution is 7.19. The fraction of sp³-hybridized carbons (Fsp3) is 0. The number of nitriles is 1. The van der Waals surface area contributed by atoms with Gasteiger partial charge in [-0.1, -0.05) is 0 Å². The molecule has 0 spiro atoms. The smallest absolute Gasteiger partial charge is 0.127 e. The van der Waals surface area contributed by atoms with E-state index in [0.29, 0.717) is 15.0 Å². The molecule has 0 atom stereocenters. The van der Waals surface area contributed by atoms with Crippen LogP contribution in [0.3, 0.4) is 0 Å². The molecule has 0 saturated carbocycles. The first-order valence-electron chi connectivity index (χ1n) is 3.56. The highest BCUT2D eigenvalue weighted by Crippen LogP contribution is 2.35. The van der Waals surface area contributed by atoms with Crippen molar-refractivity contribution in [2.75, 3.05) is 0 Å². The maximum absolute atomic E-state index is 9.40. The standard InChI is InChI=1S/C9H5NO2S/c10-4-6-3-7-8(12)1-5(11)2-9(7)13-6/h1-3,11-12H. The monoisotopic (exact) mass is 191 g/mol. The van der Waals surface area contributed by atoms with Gasteiger partial charge in [0.2, 0.25) is 0 Å². The first kappa shape index (κ1) is 7.90. The lowest BCUT2D eigenvalue weighted by molar-refractivity contribution is 0.455. The number of nitrogens with zero attached hydrogens (tertiary/aromatic N) is 1. The van der Waals surface area contributed by atoms with Crippen molar-refractivity contribution in [3.8, 4) is 17.6 Å². The van der Waals surface area contributed by atoms with Gasteiger partial charge in [-0.15, -0.1) is 11.3 Å². The number of hydrogen-bond donors (Lipinski definition) is 2. The molecule has 1 heterocycles. The SMILES string of the molecule is N#Cc1cc2c(O)cc(O)cc2s1. The van der Waals surface area contributed by atoms with E-state index in [2.05, 4.69) is 0 Å². The topological polar surface area (TPSA) is 64.2 Å². The van der Waals surface area contributed by atoms with Gasteiger partial charge in [0.05, 0.1) is 0 Å². The third-order valence-electron chi connectivity index (χ3n) is 1.71. The van der Waals surface area contributed by atoms with Crippen molar-refractivity contribution < 1.29 is 10.2 Å². The van der Waals surface area contributed by atoms with Crippen molar-refractivity contribution in [2.45, 2.75) is 0 Å². The first-order chi connectivity index (χ1) is 6.20. The van der Waals surface area contributed by atoms with Crippen molar-refractivity contribution in [1.29, 1.82) is 5.26 Å². The highest BCUT2D eigenvalue weighted by Gasteiger charge is 2.06. The van der Waals surface area contributed by atoms with Crippen LogP contribution in [0.5, 0.6) is 11.5 Å². The summed E-state index contributed by atoms with van der Waals surface area (Å²) in [7, 11) is 0. The van der Waals surface area contributed by atoms with E-state index in [9.17, 15) is 5.11 Å². The zero-order valence-corrected chi connectivity index (χ0v) is 7.30. The summed E-state index contributed by atoms with van der Waals surface area (Å²) in [5.41, 5.74) is 0. The average molecular weight is 191 g/mol. The molecule has 0 bridgehead atoms. The Labute approximate surface area is 78.1 Å². The Hall–Kier alpha value is -1.73. The van der Waals surface area contributed by atoms with E-state index in [-0.39, 0.29) is 11.5 Å². The van der Waals surface area contributed by atoms with E-state index >= 15 is 0 Å². The van der Waals surface area contributed by atoms with Crippen LogP contribution in [-0.2, 0) is 0 Å². The van der Waals surface area contributed by atoms with Gasteiger partial charge in [-0.05, 0) is 12.1 Å². The number of aromatic hydroxyl groups is 2. The van der Waals surface area contributed by atoms with Gasteiger partial charge in [-0.2, -0.15) is 5.26 Å². The summed E-state index contributed by atoms with van der Waals surface area (Å²) in [5, 5.41) is 27.8. The van der Waals surface area contributed by atoms with E-state index in [1.54, 1.807) is 6.07 Å². The molecule has 2 aromatic rings. The summed E-state index contributed by atoms with van der Waals surface area (Å²) >= 11 is 1.24. The first-order valence-corrected chi connectivity index (χ1v) is 4.38. The number of fused-ring (bicyclic) bond motifs is 1. The van der Waals surface area contributed by atoms with Crippen LogP contribution < -0.4 is 0 Å². The van der Waals surface area contributed by atoms with Gasteiger partial charge in [-0.3, -0.25) is 0 Å². The molecule has 1 aromatic heterocycles. The molecule has 0 saturated heterocycles. The normalized spacial score (nSPS) is 10.1. The van der Waals surface area contributed by atoms with Crippen molar-refractivity contribution in [3.05, 3.63) is 23.1 Å². The van der Waals surface area contributed by atoms with Gasteiger partial charge in [0.1, 0.15) is 22.4 Å². The summed E-state index contributed by atoms with van der Waals surface area (Å²) in [6, 6.07) is 6.38. The molecule has 0 amide bonds. The molecular weight excluding hydrogens is 186 g/mol. The Balaban J connectivity index is 2.84. The molecule has 13 heavy (non-hydrogen) atoms. The molecule has 1 aromatic carbocycles. The summed E-state index contributed by atoms with van der Waals surface area (Å²) < 4.78 is 0.717. The Morgan fingerprint density at radius 3 is 2.69 bits per heavy atom. The molecule has 0 aliphatic carbocycles. The van der Waals surface area contributed by atoms with Crippen LogP contribution in [0.2, 0.25) is 0 Å². The second-order valence-corrected chi connectivity index (χ2v) is 3.68. The lowest BCUT2D eigenvalue weighted by Gasteiger charge is -1.95. The number of thiophene rings is 1. The Morgan fingerprint density at radius 2 is 2.00 bits per heavy atom. The van der Waals surface area contributed by atoms with Gasteiger partial charge in [0.25, 0.3) is 0 Å². The number of rotatable bonds is 0. The van der Waals surface area contributed by atoms with Crippen LogP contribution in [0.15, 0.2) is 18.2 Å². The molecule has 0 radical (unpaired) electrons. The van der Waals surface area contributed by atoms with E-state index in [1.807, 2.05) is 6.07 Å². The molecule has 2 rings (SSSR count). The van der Waals surface area contributed by atoms with Crippen molar-refractivity contribution in [1.82, 2.24) is 0 Å². The molecule has 4 heteroatoms. The minimum absolute atomic E-state index is 0.00718. The maximum Gasteiger partial charge on any atom is 0.127 e. The summed E-state index contributed by atoms with van der Waals surface area (Å²) in [6.45, 7) is 0. The number of phenols is 2. The molecular formula is C9H5NO2S. The third kappa shape index (κ3) is 1.19. The quantitative estimate of drug-likeness (QED) is 0.670. The maximum atomic E-state index is 9.40. The van der Waals surface area contributed by atoms with Crippen molar-refractivity contribution in [3.63, 3.8) is 0 Å². The van der Waals surface area contributed by atoms with Crippen molar-refractivity contribution in [2.24, 2.45) is 0 Å². The van der Waals surface area contributed by atoms with Crippen LogP contribution in [0, 0.1) is 11.3 Å². The molecule has 0 unspecified atom stereocenters. The van der Waals surface area contributed by atoms with Gasteiger partial charge >= 0.3 is 0 Å². The Bertz CT molecular complexity index is 510. The highest BCUT2D eigenvalue weighted by atomic mass is 32.1. The predicted octanol–water partition coefficient (Wildman–Crippen LogP) is 2.18. The molecule has 0 fully saturated rings. The zero-order valence-electron chi connectivity index (χ0n) is 6.48. The molecule has 2 N–H and O–H groups in total. The second kappa shape index (κ2) is 2.64. The van der Waals surface area contributed by atoms with Crippen LogP contribution in [-0.4, -0.2) is 10.2 Å². The van der Waals surface area contributed by atoms with Crippen LogP contribution in [0.25, 0.3) is 10.1 Å². The molecule has 3 nitrogen and oxygen atoms in total. The van der Waals surface area contributed by atoms with Gasteiger partial charge in [0, 0.05) is 16.2 Å². The lowest BCUT2D eigenvalue weighted by Crippen LogP contribution is -1.67. The van der Waals surface area contributed by atoms with Crippen molar-refractivity contribution >= 4 is 21.4 Å². The minimum Gasteiger partial charge on any atom is -0.508 e. The number of phenolic OH excluding ortho intramolecular Hbond substituents is 2. The van der Waals surface area contributed by atoms with Gasteiger partial charge < -0.3 is 10.2 Å². The fourth-order valence-electron chi connectivity index (χ4n) is 1.16. The largest absolute Gasteiger partial charge is 0.508 e. The predicted molar refractivity (Wildman–Crippen MR) is 49.9 cm³/mol. The van der Waals surface area contributed by atoms with Gasteiger partial charge in [-0.25, -0.2) is 0 Å².